The number of halogens is 1. The van der Waals surface area contributed by atoms with Gasteiger partial charge in [0.1, 0.15) is 0 Å². The molecular weight excluding hydrogens is 266 g/mol. The zero-order chi connectivity index (χ0) is 14.0. The molecule has 5 nitrogen and oxygen atoms in total. The van der Waals surface area contributed by atoms with Crippen molar-refractivity contribution in [1.29, 1.82) is 0 Å². The molecule has 0 spiro atoms. The van der Waals surface area contributed by atoms with Crippen LogP contribution in [0, 0.1) is 0 Å². The van der Waals surface area contributed by atoms with Crippen LogP contribution >= 0.6 is 11.6 Å². The van der Waals surface area contributed by atoms with Gasteiger partial charge in [0.2, 0.25) is 0 Å². The topological polar surface area (TPSA) is 67.2 Å². The number of carbonyl (C=O) groups is 1. The highest BCUT2D eigenvalue weighted by Crippen LogP contribution is 2.24. The van der Waals surface area contributed by atoms with Crippen LogP contribution in [0.3, 0.4) is 0 Å². The van der Waals surface area contributed by atoms with E-state index in [9.17, 15) is 9.90 Å². The summed E-state index contributed by atoms with van der Waals surface area (Å²) in [6.07, 6.45) is 1.08. The van der Waals surface area contributed by atoms with Gasteiger partial charge in [-0.2, -0.15) is 5.10 Å². The summed E-state index contributed by atoms with van der Waals surface area (Å²) in [7, 11) is 1.55. The van der Waals surface area contributed by atoms with E-state index in [-0.39, 0.29) is 5.91 Å². The molecule has 1 aromatic carbocycles. The Morgan fingerprint density at radius 3 is 2.79 bits per heavy atom. The van der Waals surface area contributed by atoms with Crippen molar-refractivity contribution in [2.24, 2.45) is 0 Å². The largest absolute Gasteiger partial charge is 0.389 e. The van der Waals surface area contributed by atoms with E-state index < -0.39 is 6.10 Å². The zero-order valence-electron chi connectivity index (χ0n) is 10.6. The standard InChI is InChI=1S/C13H14ClN3O2/c1-8(18)9-3-4-12(10(14)7-9)17-6-5-11(16-17)13(19)15-2/h3-8,18H,1-2H3,(H,15,19). The predicted molar refractivity (Wildman–Crippen MR) is 72.6 cm³/mol. The van der Waals surface area contributed by atoms with Crippen LogP contribution in [0.2, 0.25) is 5.02 Å². The number of amides is 1. The zero-order valence-corrected chi connectivity index (χ0v) is 11.3. The third-order valence-corrected chi connectivity index (χ3v) is 3.05. The van der Waals surface area contributed by atoms with Gasteiger partial charge in [-0.1, -0.05) is 17.7 Å². The molecular formula is C13H14ClN3O2. The number of benzene rings is 1. The minimum absolute atomic E-state index is 0.254. The molecule has 0 radical (unpaired) electrons. The van der Waals surface area contributed by atoms with E-state index in [0.29, 0.717) is 16.4 Å². The summed E-state index contributed by atoms with van der Waals surface area (Å²) >= 11 is 6.16. The van der Waals surface area contributed by atoms with E-state index in [2.05, 4.69) is 10.4 Å². The van der Waals surface area contributed by atoms with Crippen LogP contribution in [0.25, 0.3) is 5.69 Å². The van der Waals surface area contributed by atoms with Gasteiger partial charge in [0.05, 0.1) is 16.8 Å². The smallest absolute Gasteiger partial charge is 0.271 e. The average molecular weight is 280 g/mol. The van der Waals surface area contributed by atoms with Gasteiger partial charge in [0.25, 0.3) is 5.91 Å². The Morgan fingerprint density at radius 1 is 1.47 bits per heavy atom. The number of aromatic nitrogens is 2. The summed E-state index contributed by atoms with van der Waals surface area (Å²) < 4.78 is 1.53. The van der Waals surface area contributed by atoms with Crippen molar-refractivity contribution in [3.05, 3.63) is 46.7 Å². The number of nitrogens with zero attached hydrogens (tertiary/aromatic N) is 2. The van der Waals surface area contributed by atoms with Gasteiger partial charge in [-0.25, -0.2) is 4.68 Å². The molecule has 1 heterocycles. The van der Waals surface area contributed by atoms with Gasteiger partial charge >= 0.3 is 0 Å². The Bertz CT molecular complexity index is 608. The second-order valence-corrected chi connectivity index (χ2v) is 4.52. The lowest BCUT2D eigenvalue weighted by atomic mass is 10.1. The number of aliphatic hydroxyl groups excluding tert-OH is 1. The van der Waals surface area contributed by atoms with Gasteiger partial charge in [-0.3, -0.25) is 4.79 Å². The number of rotatable bonds is 3. The second kappa shape index (κ2) is 5.42. The Kier molecular flexibility index (Phi) is 3.87. The molecule has 0 aliphatic heterocycles. The summed E-state index contributed by atoms with van der Waals surface area (Å²) in [4.78, 5) is 11.4. The first-order chi connectivity index (χ1) is 9.02. The molecule has 0 saturated heterocycles. The Morgan fingerprint density at radius 2 is 2.21 bits per heavy atom. The van der Waals surface area contributed by atoms with Gasteiger partial charge in [0, 0.05) is 13.2 Å². The maximum atomic E-state index is 11.4. The van der Waals surface area contributed by atoms with Crippen molar-refractivity contribution >= 4 is 17.5 Å². The van der Waals surface area contributed by atoms with Gasteiger partial charge in [-0.05, 0) is 30.7 Å². The minimum Gasteiger partial charge on any atom is -0.389 e. The Hall–Kier alpha value is -1.85. The molecule has 100 valence electrons. The van der Waals surface area contributed by atoms with Crippen LogP contribution in [0.15, 0.2) is 30.5 Å². The molecule has 0 aliphatic rings. The molecule has 0 bridgehead atoms. The third kappa shape index (κ3) is 2.77. The monoisotopic (exact) mass is 279 g/mol. The maximum Gasteiger partial charge on any atom is 0.271 e. The molecule has 19 heavy (non-hydrogen) atoms. The fraction of sp³-hybridized carbons (Fsp3) is 0.231. The quantitative estimate of drug-likeness (QED) is 0.902. The number of hydrogen-bond acceptors (Lipinski definition) is 3. The van der Waals surface area contributed by atoms with Crippen molar-refractivity contribution < 1.29 is 9.90 Å². The first-order valence-electron chi connectivity index (χ1n) is 5.78. The Balaban J connectivity index is 2.37. The highest BCUT2D eigenvalue weighted by atomic mass is 35.5. The Labute approximate surface area is 115 Å². The van der Waals surface area contributed by atoms with E-state index in [1.54, 1.807) is 44.4 Å². The van der Waals surface area contributed by atoms with Crippen molar-refractivity contribution in [1.82, 2.24) is 15.1 Å². The second-order valence-electron chi connectivity index (χ2n) is 4.11. The van der Waals surface area contributed by atoms with Crippen LogP contribution in [0.1, 0.15) is 29.1 Å². The molecule has 0 aliphatic carbocycles. The number of aliphatic hydroxyl groups is 1. The van der Waals surface area contributed by atoms with Gasteiger partial charge < -0.3 is 10.4 Å². The van der Waals surface area contributed by atoms with E-state index in [4.69, 9.17) is 11.6 Å². The summed E-state index contributed by atoms with van der Waals surface area (Å²) in [6.45, 7) is 1.67. The number of nitrogens with one attached hydrogen (secondary N) is 1. The lowest BCUT2D eigenvalue weighted by Crippen LogP contribution is -2.18. The van der Waals surface area contributed by atoms with Crippen LogP contribution in [-0.4, -0.2) is 27.8 Å². The molecule has 1 unspecified atom stereocenters. The van der Waals surface area contributed by atoms with Crippen LogP contribution < -0.4 is 5.32 Å². The molecule has 1 amide bonds. The number of hydrogen-bond donors (Lipinski definition) is 2. The van der Waals surface area contributed by atoms with Crippen LogP contribution in [0.5, 0.6) is 0 Å². The summed E-state index contributed by atoms with van der Waals surface area (Å²) in [6, 6.07) is 6.82. The summed E-state index contributed by atoms with van der Waals surface area (Å²) in [5, 5.41) is 16.6. The van der Waals surface area contributed by atoms with E-state index in [1.165, 1.54) is 4.68 Å². The average Bonchev–Trinajstić information content (AvgIpc) is 2.87. The molecule has 1 aromatic heterocycles. The normalized spacial score (nSPS) is 12.2. The number of carbonyl (C=O) groups excluding carboxylic acids is 1. The third-order valence-electron chi connectivity index (χ3n) is 2.75. The van der Waals surface area contributed by atoms with Crippen molar-refractivity contribution in [3.63, 3.8) is 0 Å². The molecule has 1 atom stereocenters. The lowest BCUT2D eigenvalue weighted by molar-refractivity contribution is 0.0957. The maximum absolute atomic E-state index is 11.4. The highest BCUT2D eigenvalue weighted by Gasteiger charge is 2.11. The van der Waals surface area contributed by atoms with E-state index in [1.807, 2.05) is 0 Å². The first-order valence-corrected chi connectivity index (χ1v) is 6.16. The molecule has 2 rings (SSSR count). The fourth-order valence-electron chi connectivity index (χ4n) is 1.68. The molecule has 2 aromatic rings. The van der Waals surface area contributed by atoms with E-state index in [0.717, 1.165) is 5.56 Å². The predicted octanol–water partition coefficient (Wildman–Crippen LogP) is 1.94. The molecule has 6 heteroatoms. The lowest BCUT2D eigenvalue weighted by Gasteiger charge is -2.09. The molecule has 2 N–H and O–H groups in total. The fourth-order valence-corrected chi connectivity index (χ4v) is 1.95. The van der Waals surface area contributed by atoms with Gasteiger partial charge in [0.15, 0.2) is 5.69 Å². The minimum atomic E-state index is -0.578. The van der Waals surface area contributed by atoms with Crippen LogP contribution in [0.4, 0.5) is 0 Å². The van der Waals surface area contributed by atoms with Crippen molar-refractivity contribution in [2.75, 3.05) is 7.05 Å². The first kappa shape index (κ1) is 13.6. The summed E-state index contributed by atoms with van der Waals surface area (Å²) in [5.74, 6) is -0.254. The van der Waals surface area contributed by atoms with E-state index >= 15 is 0 Å². The van der Waals surface area contributed by atoms with Crippen molar-refractivity contribution in [3.8, 4) is 5.69 Å². The summed E-state index contributed by atoms with van der Waals surface area (Å²) in [5.41, 5.74) is 1.70. The highest BCUT2D eigenvalue weighted by molar-refractivity contribution is 6.32. The van der Waals surface area contributed by atoms with Gasteiger partial charge in [-0.15, -0.1) is 0 Å². The molecule has 0 fully saturated rings. The molecule has 0 saturated carbocycles. The van der Waals surface area contributed by atoms with Crippen LogP contribution in [-0.2, 0) is 0 Å². The SMILES string of the molecule is CNC(=O)c1ccn(-c2ccc(C(C)O)cc2Cl)n1. The van der Waals surface area contributed by atoms with Crippen molar-refractivity contribution in [2.45, 2.75) is 13.0 Å².